The van der Waals surface area contributed by atoms with Crippen LogP contribution in [0, 0.1) is 0 Å². The molecular formula is C16H22F3N3O. The number of nitrogens with zero attached hydrogens (tertiary/aromatic N) is 2. The van der Waals surface area contributed by atoms with Gasteiger partial charge in [0.05, 0.1) is 5.56 Å². The van der Waals surface area contributed by atoms with Gasteiger partial charge in [0.2, 0.25) is 0 Å². The van der Waals surface area contributed by atoms with Crippen LogP contribution < -0.4 is 10.2 Å². The van der Waals surface area contributed by atoms with Crippen molar-refractivity contribution in [1.82, 2.24) is 10.2 Å². The molecule has 1 N–H and O–H groups in total. The van der Waals surface area contributed by atoms with E-state index in [2.05, 4.69) is 5.32 Å². The highest BCUT2D eigenvalue weighted by molar-refractivity contribution is 5.74. The number of rotatable bonds is 3. The van der Waals surface area contributed by atoms with Crippen molar-refractivity contribution in [2.24, 2.45) is 0 Å². The Balaban J connectivity index is 1.90. The molecule has 1 atom stereocenters. The Bertz CT molecular complexity index is 522. The minimum Gasteiger partial charge on any atom is -0.368 e. The van der Waals surface area contributed by atoms with Crippen molar-refractivity contribution in [3.8, 4) is 0 Å². The van der Waals surface area contributed by atoms with Gasteiger partial charge in [-0.25, -0.2) is 4.79 Å². The Kier molecular flexibility index (Phi) is 5.38. The number of amides is 2. The van der Waals surface area contributed by atoms with Crippen LogP contribution in [0.1, 0.15) is 25.8 Å². The van der Waals surface area contributed by atoms with Gasteiger partial charge in [0, 0.05) is 37.9 Å². The molecule has 1 aromatic carbocycles. The number of hydrogen-bond donors (Lipinski definition) is 1. The molecule has 23 heavy (non-hydrogen) atoms. The zero-order valence-electron chi connectivity index (χ0n) is 13.4. The molecule has 4 nitrogen and oxygen atoms in total. The van der Waals surface area contributed by atoms with Gasteiger partial charge in [-0.3, -0.25) is 0 Å². The van der Waals surface area contributed by atoms with Crippen molar-refractivity contribution in [1.29, 1.82) is 0 Å². The van der Waals surface area contributed by atoms with E-state index in [1.165, 1.54) is 12.1 Å². The molecular weight excluding hydrogens is 307 g/mol. The summed E-state index contributed by atoms with van der Waals surface area (Å²) in [7, 11) is 0. The van der Waals surface area contributed by atoms with E-state index < -0.39 is 11.7 Å². The minimum absolute atomic E-state index is 0.0774. The lowest BCUT2D eigenvalue weighted by Crippen LogP contribution is -2.53. The van der Waals surface area contributed by atoms with Gasteiger partial charge in [-0.1, -0.05) is 6.92 Å². The number of anilines is 1. The Morgan fingerprint density at radius 1 is 1.17 bits per heavy atom. The summed E-state index contributed by atoms with van der Waals surface area (Å²) in [5, 5.41) is 2.92. The molecule has 1 fully saturated rings. The second-order valence-corrected chi connectivity index (χ2v) is 5.78. The van der Waals surface area contributed by atoms with E-state index in [1.54, 1.807) is 4.90 Å². The summed E-state index contributed by atoms with van der Waals surface area (Å²) in [6.45, 7) is 6.30. The molecule has 128 valence electrons. The smallest absolute Gasteiger partial charge is 0.368 e. The zero-order valence-corrected chi connectivity index (χ0v) is 13.4. The summed E-state index contributed by atoms with van der Waals surface area (Å²) in [5.74, 6) is 0. The fourth-order valence-electron chi connectivity index (χ4n) is 2.43. The molecule has 2 amide bonds. The molecule has 0 saturated carbocycles. The molecule has 1 aliphatic heterocycles. The predicted octanol–water partition coefficient (Wildman–Crippen LogP) is 3.34. The van der Waals surface area contributed by atoms with Gasteiger partial charge in [-0.15, -0.1) is 0 Å². The van der Waals surface area contributed by atoms with E-state index in [0.29, 0.717) is 26.2 Å². The SMILES string of the molecule is CCC(C)NC(=O)N1CCN(c2ccc(C(F)(F)F)cc2)CC1. The van der Waals surface area contributed by atoms with E-state index in [4.69, 9.17) is 0 Å². The van der Waals surface area contributed by atoms with Crippen molar-refractivity contribution in [2.45, 2.75) is 32.5 Å². The van der Waals surface area contributed by atoms with Crippen LogP contribution in [0.3, 0.4) is 0 Å². The first-order chi connectivity index (χ1) is 10.8. The van der Waals surface area contributed by atoms with Crippen molar-refractivity contribution < 1.29 is 18.0 Å². The van der Waals surface area contributed by atoms with Crippen LogP contribution in [-0.2, 0) is 6.18 Å². The van der Waals surface area contributed by atoms with Gasteiger partial charge in [0.1, 0.15) is 0 Å². The van der Waals surface area contributed by atoms with E-state index in [0.717, 1.165) is 24.2 Å². The lowest BCUT2D eigenvalue weighted by atomic mass is 10.1. The summed E-state index contributed by atoms with van der Waals surface area (Å²) in [4.78, 5) is 15.8. The van der Waals surface area contributed by atoms with E-state index in [9.17, 15) is 18.0 Å². The standard InChI is InChI=1S/C16H22F3N3O/c1-3-12(2)20-15(23)22-10-8-21(9-11-22)14-6-4-13(5-7-14)16(17,18)19/h4-7,12H,3,8-11H2,1-2H3,(H,20,23). The average Bonchev–Trinajstić information content (AvgIpc) is 2.54. The third kappa shape index (κ3) is 4.53. The number of halogens is 3. The van der Waals surface area contributed by atoms with Gasteiger partial charge >= 0.3 is 12.2 Å². The number of nitrogens with one attached hydrogen (secondary N) is 1. The number of carbonyl (C=O) groups excluding carboxylic acids is 1. The molecule has 0 radical (unpaired) electrons. The second-order valence-electron chi connectivity index (χ2n) is 5.78. The first kappa shape index (κ1) is 17.4. The largest absolute Gasteiger partial charge is 0.416 e. The zero-order chi connectivity index (χ0) is 17.0. The molecule has 2 rings (SSSR count). The molecule has 1 saturated heterocycles. The average molecular weight is 329 g/mol. The molecule has 0 aliphatic carbocycles. The van der Waals surface area contributed by atoms with Crippen molar-refractivity contribution in [3.63, 3.8) is 0 Å². The monoisotopic (exact) mass is 329 g/mol. The van der Waals surface area contributed by atoms with Crippen LogP contribution in [0.2, 0.25) is 0 Å². The number of alkyl halides is 3. The van der Waals surface area contributed by atoms with Crippen molar-refractivity contribution >= 4 is 11.7 Å². The number of urea groups is 1. The normalized spacial score (nSPS) is 17.1. The number of piperazine rings is 1. The summed E-state index contributed by atoms with van der Waals surface area (Å²) in [6.07, 6.45) is -3.44. The fraction of sp³-hybridized carbons (Fsp3) is 0.562. The van der Waals surface area contributed by atoms with Gasteiger partial charge in [-0.05, 0) is 37.6 Å². The van der Waals surface area contributed by atoms with Gasteiger partial charge in [-0.2, -0.15) is 13.2 Å². The minimum atomic E-state index is -4.31. The highest BCUT2D eigenvalue weighted by atomic mass is 19.4. The molecule has 1 unspecified atom stereocenters. The predicted molar refractivity (Wildman–Crippen MR) is 83.5 cm³/mol. The van der Waals surface area contributed by atoms with Gasteiger partial charge in [0.25, 0.3) is 0 Å². The molecule has 0 bridgehead atoms. The van der Waals surface area contributed by atoms with Crippen LogP contribution in [-0.4, -0.2) is 43.2 Å². The van der Waals surface area contributed by atoms with Gasteiger partial charge < -0.3 is 15.1 Å². The first-order valence-electron chi connectivity index (χ1n) is 7.79. The Hall–Kier alpha value is -1.92. The van der Waals surface area contributed by atoms with Gasteiger partial charge in [0.15, 0.2) is 0 Å². The maximum Gasteiger partial charge on any atom is 0.416 e. The summed E-state index contributed by atoms with van der Waals surface area (Å²) < 4.78 is 37.7. The summed E-state index contributed by atoms with van der Waals surface area (Å²) in [6, 6.07) is 5.21. The maximum atomic E-state index is 12.6. The summed E-state index contributed by atoms with van der Waals surface area (Å²) in [5.41, 5.74) is 0.104. The molecule has 7 heteroatoms. The highest BCUT2D eigenvalue weighted by Crippen LogP contribution is 2.30. The molecule has 1 aliphatic rings. The number of benzene rings is 1. The van der Waals surface area contributed by atoms with Crippen LogP contribution in [0.25, 0.3) is 0 Å². The van der Waals surface area contributed by atoms with Crippen LogP contribution in [0.15, 0.2) is 24.3 Å². The molecule has 1 aromatic rings. The molecule has 0 spiro atoms. The topological polar surface area (TPSA) is 35.6 Å². The van der Waals surface area contributed by atoms with Crippen LogP contribution in [0.5, 0.6) is 0 Å². The third-order valence-corrected chi connectivity index (χ3v) is 4.11. The Morgan fingerprint density at radius 3 is 2.22 bits per heavy atom. The quantitative estimate of drug-likeness (QED) is 0.923. The van der Waals surface area contributed by atoms with E-state index >= 15 is 0 Å². The summed E-state index contributed by atoms with van der Waals surface area (Å²) >= 11 is 0. The maximum absolute atomic E-state index is 12.6. The Labute approximate surface area is 134 Å². The lowest BCUT2D eigenvalue weighted by Gasteiger charge is -2.36. The van der Waals surface area contributed by atoms with E-state index in [1.807, 2.05) is 18.7 Å². The van der Waals surface area contributed by atoms with Crippen molar-refractivity contribution in [3.05, 3.63) is 29.8 Å². The Morgan fingerprint density at radius 2 is 1.74 bits per heavy atom. The lowest BCUT2D eigenvalue weighted by molar-refractivity contribution is -0.137. The molecule has 0 aromatic heterocycles. The van der Waals surface area contributed by atoms with Crippen LogP contribution >= 0.6 is 0 Å². The second kappa shape index (κ2) is 7.10. The highest BCUT2D eigenvalue weighted by Gasteiger charge is 2.30. The van der Waals surface area contributed by atoms with Crippen LogP contribution in [0.4, 0.5) is 23.7 Å². The number of carbonyl (C=O) groups is 1. The van der Waals surface area contributed by atoms with E-state index in [-0.39, 0.29) is 12.1 Å². The van der Waals surface area contributed by atoms with Crippen molar-refractivity contribution in [2.75, 3.05) is 31.1 Å². The fourth-order valence-corrected chi connectivity index (χ4v) is 2.43. The first-order valence-corrected chi connectivity index (χ1v) is 7.79. The third-order valence-electron chi connectivity index (χ3n) is 4.11. The number of hydrogen-bond acceptors (Lipinski definition) is 2. The molecule has 1 heterocycles.